The molecule has 12 nitrogen and oxygen atoms in total. The average molecular weight is 422 g/mol. The molecule has 2 aromatic rings. The van der Waals surface area contributed by atoms with Gasteiger partial charge in [0, 0.05) is 44.6 Å². The van der Waals surface area contributed by atoms with E-state index < -0.39 is 26.5 Å². The number of ether oxygens (including phenoxy) is 1. The van der Waals surface area contributed by atoms with Crippen molar-refractivity contribution in [2.75, 3.05) is 39.0 Å². The quantitative estimate of drug-likeness (QED) is 0.521. The Morgan fingerprint density at radius 2 is 1.86 bits per heavy atom. The average Bonchev–Trinajstić information content (AvgIpc) is 2.73. The number of aromatic nitrogens is 2. The first-order chi connectivity index (χ1) is 13.8. The van der Waals surface area contributed by atoms with Gasteiger partial charge in [0.25, 0.3) is 5.91 Å². The SMILES string of the molecule is COc1ccc(S(=O)(=O)N2CCN(C(=O)c3nccnc3N)CC2)cc1[N+](=O)[O-]. The van der Waals surface area contributed by atoms with Crippen LogP contribution in [0, 0.1) is 10.1 Å². The molecule has 0 spiro atoms. The highest BCUT2D eigenvalue weighted by atomic mass is 32.2. The highest BCUT2D eigenvalue weighted by molar-refractivity contribution is 7.89. The van der Waals surface area contributed by atoms with Gasteiger partial charge in [0.2, 0.25) is 10.0 Å². The van der Waals surface area contributed by atoms with Gasteiger partial charge in [-0.2, -0.15) is 4.31 Å². The van der Waals surface area contributed by atoms with E-state index in [-0.39, 0.29) is 48.3 Å². The molecule has 1 aromatic heterocycles. The van der Waals surface area contributed by atoms with E-state index in [4.69, 9.17) is 10.5 Å². The number of nitrogen functional groups attached to an aromatic ring is 1. The van der Waals surface area contributed by atoms with Crippen molar-refractivity contribution in [2.24, 2.45) is 0 Å². The number of nitrogens with two attached hydrogens (primary N) is 1. The van der Waals surface area contributed by atoms with Gasteiger partial charge >= 0.3 is 5.69 Å². The summed E-state index contributed by atoms with van der Waals surface area (Å²) >= 11 is 0. The van der Waals surface area contributed by atoms with Crippen molar-refractivity contribution < 1.29 is 22.9 Å². The molecule has 0 radical (unpaired) electrons. The van der Waals surface area contributed by atoms with Crippen molar-refractivity contribution >= 4 is 27.4 Å². The molecule has 0 saturated carbocycles. The lowest BCUT2D eigenvalue weighted by atomic mass is 10.3. The first kappa shape index (κ1) is 20.4. The number of anilines is 1. The number of rotatable bonds is 5. The van der Waals surface area contributed by atoms with E-state index >= 15 is 0 Å². The molecule has 13 heteroatoms. The molecular formula is C16H18N6O6S. The molecule has 1 aliphatic heterocycles. The van der Waals surface area contributed by atoms with Crippen molar-refractivity contribution in [1.82, 2.24) is 19.2 Å². The molecule has 3 rings (SSSR count). The number of hydrogen-bond donors (Lipinski definition) is 1. The summed E-state index contributed by atoms with van der Waals surface area (Å²) in [7, 11) is -2.72. The summed E-state index contributed by atoms with van der Waals surface area (Å²) in [4.78, 5) is 31.9. The fourth-order valence-electron chi connectivity index (χ4n) is 2.92. The zero-order chi connectivity index (χ0) is 21.2. The number of nitro benzene ring substituents is 1. The van der Waals surface area contributed by atoms with Gasteiger partial charge in [-0.25, -0.2) is 18.4 Å². The molecule has 2 heterocycles. The van der Waals surface area contributed by atoms with Crippen LogP contribution in [0.3, 0.4) is 0 Å². The monoisotopic (exact) mass is 422 g/mol. The van der Waals surface area contributed by atoms with E-state index in [1.54, 1.807) is 0 Å². The Labute approximate surface area is 166 Å². The second kappa shape index (κ2) is 7.97. The topological polar surface area (TPSA) is 162 Å². The van der Waals surface area contributed by atoms with E-state index in [0.29, 0.717) is 0 Å². The molecule has 2 N–H and O–H groups in total. The summed E-state index contributed by atoms with van der Waals surface area (Å²) in [5.74, 6) is -0.475. The summed E-state index contributed by atoms with van der Waals surface area (Å²) in [6.45, 7) is 0.279. The Hall–Kier alpha value is -3.32. The number of benzene rings is 1. The summed E-state index contributed by atoms with van der Waals surface area (Å²) < 4.78 is 31.8. The van der Waals surface area contributed by atoms with Crippen LogP contribution in [-0.4, -0.2) is 71.7 Å². The molecule has 0 atom stereocenters. The standard InChI is InChI=1S/C16H18N6O6S/c1-28-13-3-2-11(10-12(13)22(24)25)29(26,27)21-8-6-20(7-9-21)16(23)14-15(17)19-5-4-18-14/h2-5,10H,6-9H2,1H3,(H2,17,19). The maximum Gasteiger partial charge on any atom is 0.312 e. The third-order valence-corrected chi connectivity index (χ3v) is 6.33. The van der Waals surface area contributed by atoms with E-state index in [9.17, 15) is 23.3 Å². The number of sulfonamides is 1. The van der Waals surface area contributed by atoms with Gasteiger partial charge in [0.05, 0.1) is 16.9 Å². The molecule has 1 amide bonds. The van der Waals surface area contributed by atoms with Crippen LogP contribution in [0.25, 0.3) is 0 Å². The van der Waals surface area contributed by atoms with Gasteiger partial charge in [0.1, 0.15) is 0 Å². The number of amides is 1. The predicted molar refractivity (Wildman–Crippen MR) is 101 cm³/mol. The number of nitro groups is 1. The number of methoxy groups -OCH3 is 1. The van der Waals surface area contributed by atoms with Gasteiger partial charge in [0.15, 0.2) is 17.3 Å². The van der Waals surface area contributed by atoms with Crippen LogP contribution in [0.4, 0.5) is 11.5 Å². The normalized spacial score (nSPS) is 15.1. The lowest BCUT2D eigenvalue weighted by molar-refractivity contribution is -0.386. The van der Waals surface area contributed by atoms with Crippen LogP contribution >= 0.6 is 0 Å². The number of nitrogens with zero attached hydrogens (tertiary/aromatic N) is 5. The first-order valence-corrected chi connectivity index (χ1v) is 9.88. The first-order valence-electron chi connectivity index (χ1n) is 8.44. The van der Waals surface area contributed by atoms with Gasteiger partial charge in [-0.05, 0) is 12.1 Å². The van der Waals surface area contributed by atoms with Gasteiger partial charge in [-0.3, -0.25) is 14.9 Å². The molecule has 1 fully saturated rings. The fraction of sp³-hybridized carbons (Fsp3) is 0.312. The summed E-state index contributed by atoms with van der Waals surface area (Å²) in [6.07, 6.45) is 2.71. The summed E-state index contributed by atoms with van der Waals surface area (Å²) in [5.41, 5.74) is 5.24. The number of carbonyl (C=O) groups is 1. The Bertz CT molecular complexity index is 1050. The summed E-state index contributed by atoms with van der Waals surface area (Å²) in [5, 5.41) is 11.2. The van der Waals surface area contributed by atoms with Crippen LogP contribution < -0.4 is 10.5 Å². The molecule has 0 aliphatic carbocycles. The molecule has 29 heavy (non-hydrogen) atoms. The van der Waals surface area contributed by atoms with Crippen LogP contribution in [0.1, 0.15) is 10.5 Å². The maximum absolute atomic E-state index is 12.9. The Balaban J connectivity index is 1.76. The second-order valence-corrected chi connectivity index (χ2v) is 8.02. The van der Waals surface area contributed by atoms with Crippen molar-refractivity contribution in [1.29, 1.82) is 0 Å². The minimum Gasteiger partial charge on any atom is -0.490 e. The number of hydrogen-bond acceptors (Lipinski definition) is 9. The fourth-order valence-corrected chi connectivity index (χ4v) is 4.36. The lowest BCUT2D eigenvalue weighted by Gasteiger charge is -2.33. The molecular weight excluding hydrogens is 404 g/mol. The zero-order valence-corrected chi connectivity index (χ0v) is 16.2. The Morgan fingerprint density at radius 1 is 1.21 bits per heavy atom. The zero-order valence-electron chi connectivity index (χ0n) is 15.4. The molecule has 154 valence electrons. The largest absolute Gasteiger partial charge is 0.490 e. The van der Waals surface area contributed by atoms with Crippen LogP contribution in [-0.2, 0) is 10.0 Å². The lowest BCUT2D eigenvalue weighted by Crippen LogP contribution is -2.50. The van der Waals surface area contributed by atoms with Crippen molar-refractivity contribution in [2.45, 2.75) is 4.90 Å². The van der Waals surface area contributed by atoms with E-state index in [1.807, 2.05) is 0 Å². The van der Waals surface area contributed by atoms with E-state index in [1.165, 1.54) is 40.8 Å². The van der Waals surface area contributed by atoms with Crippen LogP contribution in [0.5, 0.6) is 5.75 Å². The third-order valence-electron chi connectivity index (χ3n) is 4.44. The Morgan fingerprint density at radius 3 is 2.45 bits per heavy atom. The minimum atomic E-state index is -3.98. The molecule has 0 unspecified atom stereocenters. The van der Waals surface area contributed by atoms with Crippen LogP contribution in [0.2, 0.25) is 0 Å². The van der Waals surface area contributed by atoms with E-state index in [2.05, 4.69) is 9.97 Å². The van der Waals surface area contributed by atoms with Crippen molar-refractivity contribution in [3.63, 3.8) is 0 Å². The smallest absolute Gasteiger partial charge is 0.312 e. The van der Waals surface area contributed by atoms with Gasteiger partial charge in [-0.15, -0.1) is 0 Å². The van der Waals surface area contributed by atoms with E-state index in [0.717, 1.165) is 6.07 Å². The predicted octanol–water partition coefficient (Wildman–Crippen LogP) is 0.122. The number of carbonyl (C=O) groups excluding carboxylic acids is 1. The highest BCUT2D eigenvalue weighted by Crippen LogP contribution is 2.30. The molecule has 1 aromatic carbocycles. The maximum atomic E-state index is 12.9. The third kappa shape index (κ3) is 3.95. The van der Waals surface area contributed by atoms with Gasteiger partial charge in [-0.1, -0.05) is 0 Å². The number of piperazine rings is 1. The molecule has 1 saturated heterocycles. The van der Waals surface area contributed by atoms with Crippen molar-refractivity contribution in [3.8, 4) is 5.75 Å². The highest BCUT2D eigenvalue weighted by Gasteiger charge is 2.32. The second-order valence-electron chi connectivity index (χ2n) is 6.08. The van der Waals surface area contributed by atoms with Crippen molar-refractivity contribution in [3.05, 3.63) is 46.4 Å². The van der Waals surface area contributed by atoms with Gasteiger partial charge < -0.3 is 15.4 Å². The molecule has 1 aliphatic rings. The summed E-state index contributed by atoms with van der Waals surface area (Å²) in [6, 6.07) is 3.45. The Kier molecular flexibility index (Phi) is 5.61. The van der Waals surface area contributed by atoms with Crippen LogP contribution in [0.15, 0.2) is 35.5 Å². The molecule has 0 bridgehead atoms. The minimum absolute atomic E-state index is 0.00177.